The van der Waals surface area contributed by atoms with E-state index in [-0.39, 0.29) is 45.7 Å². The molecule has 1 aromatic carbocycles. The number of nitrogens with one attached hydrogen (secondary N) is 3. The third kappa shape index (κ3) is 5.68. The molecular weight excluding hydrogens is 537 g/mol. The maximum absolute atomic E-state index is 13.7. The highest BCUT2D eigenvalue weighted by atomic mass is 35.5. The van der Waals surface area contributed by atoms with Gasteiger partial charge in [0.15, 0.2) is 17.2 Å². The Morgan fingerprint density at radius 3 is 2.77 bits per heavy atom. The molecule has 4 heterocycles. The molecule has 204 valence electrons. The van der Waals surface area contributed by atoms with Crippen LogP contribution in [0.3, 0.4) is 0 Å². The quantitative estimate of drug-likeness (QED) is 0.280. The molecule has 0 spiro atoms. The van der Waals surface area contributed by atoms with Crippen LogP contribution in [0.25, 0.3) is 11.2 Å². The lowest BCUT2D eigenvalue weighted by Crippen LogP contribution is -2.21. The lowest BCUT2D eigenvalue weighted by atomic mass is 10.1. The normalized spacial score (nSPS) is 18.8. The average Bonchev–Trinajstić information content (AvgIpc) is 3.45. The second kappa shape index (κ2) is 10.6. The summed E-state index contributed by atoms with van der Waals surface area (Å²) in [5.74, 6) is 0.627. The second-order valence-corrected chi connectivity index (χ2v) is 9.40. The van der Waals surface area contributed by atoms with E-state index < -0.39 is 11.7 Å². The van der Waals surface area contributed by atoms with Gasteiger partial charge in [0.1, 0.15) is 28.1 Å². The summed E-state index contributed by atoms with van der Waals surface area (Å²) in [6.07, 6.45) is 2.94. The van der Waals surface area contributed by atoms with Crippen molar-refractivity contribution in [1.29, 1.82) is 5.41 Å². The number of fused-ring (bicyclic) bond motifs is 1. The Balaban J connectivity index is 1.46. The van der Waals surface area contributed by atoms with Gasteiger partial charge in [-0.25, -0.2) is 4.98 Å². The Morgan fingerprint density at radius 1 is 1.28 bits per heavy atom. The molecule has 2 aliphatic rings. The molecule has 1 atom stereocenters. The van der Waals surface area contributed by atoms with Crippen molar-refractivity contribution in [2.75, 3.05) is 25.5 Å². The van der Waals surface area contributed by atoms with Crippen LogP contribution in [0.2, 0.25) is 5.02 Å². The first-order valence-corrected chi connectivity index (χ1v) is 12.2. The number of imidazole rings is 1. The van der Waals surface area contributed by atoms with Crippen molar-refractivity contribution in [1.82, 2.24) is 24.8 Å². The predicted octanol–water partition coefficient (Wildman–Crippen LogP) is 4.85. The molecule has 0 radical (unpaired) electrons. The summed E-state index contributed by atoms with van der Waals surface area (Å²) >= 11 is 6.63. The number of ether oxygens (including phenoxy) is 2. The number of benzene rings is 1. The van der Waals surface area contributed by atoms with Gasteiger partial charge < -0.3 is 35.0 Å². The molecule has 0 unspecified atom stereocenters. The van der Waals surface area contributed by atoms with Gasteiger partial charge in [0.05, 0.1) is 24.2 Å². The zero-order valence-electron chi connectivity index (χ0n) is 20.9. The topological polar surface area (TPSA) is 113 Å². The molecular formula is C25H24ClF3N8O2. The SMILES string of the molecule is CN1CC[C@H](Oc2cc(Nc3nc4ncc(O/C(C=N)=C5\C=NC=CN5)c(Cl)c4n3C)cc(C(F)(F)F)c2)C1. The van der Waals surface area contributed by atoms with E-state index in [4.69, 9.17) is 26.5 Å². The van der Waals surface area contributed by atoms with E-state index in [1.807, 2.05) is 7.05 Å². The summed E-state index contributed by atoms with van der Waals surface area (Å²) in [4.78, 5) is 14.8. The van der Waals surface area contributed by atoms with Gasteiger partial charge in [-0.05, 0) is 25.6 Å². The minimum atomic E-state index is -4.57. The summed E-state index contributed by atoms with van der Waals surface area (Å²) in [5, 5.41) is 13.7. The van der Waals surface area contributed by atoms with Crippen LogP contribution in [-0.4, -0.2) is 58.1 Å². The van der Waals surface area contributed by atoms with Gasteiger partial charge in [-0.3, -0.25) is 4.99 Å². The lowest BCUT2D eigenvalue weighted by Gasteiger charge is -2.17. The number of alkyl halides is 3. The molecule has 2 aromatic heterocycles. The van der Waals surface area contributed by atoms with Gasteiger partial charge >= 0.3 is 6.18 Å². The molecule has 3 aromatic rings. The molecule has 0 amide bonds. The van der Waals surface area contributed by atoms with Crippen LogP contribution < -0.4 is 20.1 Å². The maximum Gasteiger partial charge on any atom is 0.416 e. The number of hydrogen-bond donors (Lipinski definition) is 3. The number of allylic oxidation sites excluding steroid dienone is 2. The first kappa shape index (κ1) is 26.5. The standard InChI is InChI=1S/C25H24ClF3N8O2/c1-36-6-3-16(13-36)38-17-8-14(25(27,28)29)7-15(9-17)34-24-35-23-22(37(24)2)21(26)20(12-33-23)39-19(10-30)18-11-31-4-5-32-18/h4-5,7-12,16,30,32H,3,6,13H2,1-2H3,(H,33,34,35)/b19-18+,30-10?/t16-/m0/s1. The van der Waals surface area contributed by atoms with Crippen molar-refractivity contribution < 1.29 is 22.6 Å². The highest BCUT2D eigenvalue weighted by Crippen LogP contribution is 2.37. The number of anilines is 2. The molecule has 39 heavy (non-hydrogen) atoms. The highest BCUT2D eigenvalue weighted by Gasteiger charge is 2.32. The van der Waals surface area contributed by atoms with Crippen LogP contribution in [0.1, 0.15) is 12.0 Å². The number of nitrogens with zero attached hydrogens (tertiary/aromatic N) is 5. The van der Waals surface area contributed by atoms with Gasteiger partial charge in [0.2, 0.25) is 5.95 Å². The Labute approximate surface area is 226 Å². The van der Waals surface area contributed by atoms with E-state index in [1.54, 1.807) is 24.0 Å². The van der Waals surface area contributed by atoms with E-state index in [1.165, 1.54) is 18.5 Å². The zero-order chi connectivity index (χ0) is 27.7. The van der Waals surface area contributed by atoms with Gasteiger partial charge in [-0.15, -0.1) is 0 Å². The van der Waals surface area contributed by atoms with E-state index in [0.29, 0.717) is 17.8 Å². The Bertz CT molecular complexity index is 1520. The fourth-order valence-electron chi connectivity index (χ4n) is 4.25. The minimum Gasteiger partial charge on any atom is -0.489 e. The fraction of sp³-hybridized carbons (Fsp3) is 0.280. The second-order valence-electron chi connectivity index (χ2n) is 9.03. The van der Waals surface area contributed by atoms with Crippen molar-refractivity contribution in [3.05, 3.63) is 58.8 Å². The predicted molar refractivity (Wildman–Crippen MR) is 142 cm³/mol. The van der Waals surface area contributed by atoms with E-state index in [2.05, 4.69) is 30.5 Å². The van der Waals surface area contributed by atoms with Crippen LogP contribution in [-0.2, 0) is 13.2 Å². The summed E-state index contributed by atoms with van der Waals surface area (Å²) in [7, 11) is 3.58. The molecule has 2 aliphatic heterocycles. The van der Waals surface area contributed by atoms with Crippen molar-refractivity contribution in [2.45, 2.75) is 18.7 Å². The third-order valence-corrected chi connectivity index (χ3v) is 6.53. The Kier molecular flexibility index (Phi) is 7.19. The number of aryl methyl sites for hydroxylation is 1. The number of likely N-dealkylation sites (N-methyl/N-ethyl adjacent to an activating group) is 1. The van der Waals surface area contributed by atoms with Crippen LogP contribution in [0.15, 0.2) is 53.2 Å². The Hall–Kier alpha value is -4.10. The van der Waals surface area contributed by atoms with Crippen LogP contribution in [0.5, 0.6) is 11.5 Å². The van der Waals surface area contributed by atoms with Crippen molar-refractivity contribution >= 4 is 46.8 Å². The summed E-state index contributed by atoms with van der Waals surface area (Å²) in [5.41, 5.74) is 0.376. The number of hydrogen-bond acceptors (Lipinski definition) is 9. The molecule has 0 saturated carbocycles. The summed E-state index contributed by atoms with van der Waals surface area (Å²) in [6, 6.07) is 3.50. The molecule has 3 N–H and O–H groups in total. The lowest BCUT2D eigenvalue weighted by molar-refractivity contribution is -0.137. The van der Waals surface area contributed by atoms with Crippen molar-refractivity contribution in [3.63, 3.8) is 0 Å². The first-order chi connectivity index (χ1) is 18.6. The first-order valence-electron chi connectivity index (χ1n) is 11.8. The summed E-state index contributed by atoms with van der Waals surface area (Å²) < 4.78 is 54.3. The molecule has 14 heteroatoms. The number of aromatic nitrogens is 3. The highest BCUT2D eigenvalue weighted by molar-refractivity contribution is 6.36. The number of rotatable bonds is 7. The number of pyridine rings is 1. The van der Waals surface area contributed by atoms with Gasteiger partial charge in [0.25, 0.3) is 0 Å². The fourth-order valence-corrected chi connectivity index (χ4v) is 4.55. The van der Waals surface area contributed by atoms with Crippen LogP contribution in [0.4, 0.5) is 24.8 Å². The zero-order valence-corrected chi connectivity index (χ0v) is 21.6. The molecule has 1 fully saturated rings. The van der Waals surface area contributed by atoms with Gasteiger partial charge in [-0.1, -0.05) is 11.6 Å². The smallest absolute Gasteiger partial charge is 0.416 e. The number of likely N-dealkylation sites (tertiary alicyclic amines) is 1. The maximum atomic E-state index is 13.7. The van der Waals surface area contributed by atoms with Crippen LogP contribution in [0, 0.1) is 5.41 Å². The molecule has 5 rings (SSSR count). The van der Waals surface area contributed by atoms with Crippen molar-refractivity contribution in [2.24, 2.45) is 12.0 Å². The van der Waals surface area contributed by atoms with Crippen LogP contribution >= 0.6 is 11.6 Å². The van der Waals surface area contributed by atoms with Gasteiger partial charge in [0, 0.05) is 44.3 Å². The largest absolute Gasteiger partial charge is 0.489 e. The molecule has 10 nitrogen and oxygen atoms in total. The molecule has 0 bridgehead atoms. The average molecular weight is 561 g/mol. The number of halogens is 4. The summed E-state index contributed by atoms with van der Waals surface area (Å²) in [6.45, 7) is 1.45. The van der Waals surface area contributed by atoms with E-state index >= 15 is 0 Å². The van der Waals surface area contributed by atoms with Crippen molar-refractivity contribution in [3.8, 4) is 11.5 Å². The Morgan fingerprint density at radius 2 is 2.10 bits per heavy atom. The van der Waals surface area contributed by atoms with Gasteiger partial charge in [-0.2, -0.15) is 18.2 Å². The van der Waals surface area contributed by atoms with E-state index in [9.17, 15) is 13.2 Å². The third-order valence-electron chi connectivity index (χ3n) is 6.17. The molecule has 0 aliphatic carbocycles. The minimum absolute atomic E-state index is 0.111. The van der Waals surface area contributed by atoms with E-state index in [0.717, 1.165) is 31.3 Å². The molecule has 1 saturated heterocycles. The monoisotopic (exact) mass is 560 g/mol. The number of aliphatic imine (C=N–C) groups is 1.